The molecule has 8 aromatic carbocycles. The van der Waals surface area contributed by atoms with Crippen LogP contribution in [0.25, 0.3) is 32.7 Å². The Kier molecular flexibility index (Phi) is 10.00. The molecule has 0 saturated heterocycles. The summed E-state index contributed by atoms with van der Waals surface area (Å²) in [5.74, 6) is 0. The van der Waals surface area contributed by atoms with Crippen LogP contribution in [0, 0.1) is 41.5 Å². The van der Waals surface area contributed by atoms with Gasteiger partial charge in [-0.2, -0.15) is 0 Å². The van der Waals surface area contributed by atoms with Gasteiger partial charge in [0.25, 0.3) is 0 Å². The van der Waals surface area contributed by atoms with Crippen molar-refractivity contribution in [3.63, 3.8) is 0 Å². The van der Waals surface area contributed by atoms with Crippen molar-refractivity contribution >= 4 is 75.7 Å². The van der Waals surface area contributed by atoms with Crippen molar-refractivity contribution in [1.29, 1.82) is 0 Å². The third kappa shape index (κ3) is 6.31. The van der Waals surface area contributed by atoms with E-state index < -0.39 is 20.1 Å². The minimum atomic E-state index is -1.37. The maximum absolute atomic E-state index is 2.64. The van der Waals surface area contributed by atoms with Gasteiger partial charge in [-0.1, -0.05) is 84.9 Å². The fourth-order valence-corrected chi connectivity index (χ4v) is 19.9. The highest BCUT2D eigenvalue weighted by molar-refractivity contribution is 8.48. The average Bonchev–Trinajstić information content (AvgIpc) is 3.55. The second-order valence-corrected chi connectivity index (χ2v) is 27.6. The van der Waals surface area contributed by atoms with Crippen molar-refractivity contribution in [2.45, 2.75) is 45.6 Å². The molecule has 0 radical (unpaired) electrons. The van der Waals surface area contributed by atoms with E-state index in [1.54, 1.807) is 0 Å². The van der Waals surface area contributed by atoms with Gasteiger partial charge in [0.2, 0.25) is 0 Å². The van der Waals surface area contributed by atoms with E-state index in [0.29, 0.717) is 0 Å². The molecule has 0 spiro atoms. The first-order valence-electron chi connectivity index (χ1n) is 21.4. The summed E-state index contributed by atoms with van der Waals surface area (Å²) in [4.78, 5) is 5.07. The van der Waals surface area contributed by atoms with Gasteiger partial charge in [-0.3, -0.25) is 0 Å². The molecule has 1 aliphatic carbocycles. The van der Waals surface area contributed by atoms with Crippen molar-refractivity contribution in [3.8, 4) is 11.1 Å². The summed E-state index contributed by atoms with van der Waals surface area (Å²) in [6, 6.07) is 55.3. The molecule has 0 heterocycles. The maximum Gasteiger partial charge on any atom is 0.0813 e. The second kappa shape index (κ2) is 14.9. The summed E-state index contributed by atoms with van der Waals surface area (Å²) >= 11 is 0. The topological polar surface area (TPSA) is 6.48 Å². The fourth-order valence-electron chi connectivity index (χ4n) is 10.6. The molecule has 4 heteroatoms. The third-order valence-electron chi connectivity index (χ3n) is 13.6. The zero-order valence-electron chi connectivity index (χ0n) is 38.1. The van der Waals surface area contributed by atoms with Crippen LogP contribution < -0.4 is 9.80 Å². The monoisotopic (exact) mass is 836 g/mol. The lowest BCUT2D eigenvalue weighted by Gasteiger charge is -2.59. The van der Waals surface area contributed by atoms with Crippen molar-refractivity contribution in [2.75, 3.05) is 47.3 Å². The minimum Gasteiger partial charge on any atom is -0.310 e. The summed E-state index contributed by atoms with van der Waals surface area (Å²) in [5.41, 5.74) is 20.8. The van der Waals surface area contributed by atoms with Crippen LogP contribution in [0.4, 0.5) is 34.1 Å². The van der Waals surface area contributed by atoms with Gasteiger partial charge in [0, 0.05) is 33.5 Å². The number of anilines is 6. The first kappa shape index (κ1) is 41.0. The van der Waals surface area contributed by atoms with Crippen LogP contribution >= 0.6 is 20.1 Å². The van der Waals surface area contributed by atoms with Crippen LogP contribution in [0.1, 0.15) is 44.5 Å². The average molecular weight is 837 g/mol. The van der Waals surface area contributed by atoms with Crippen LogP contribution in [-0.4, -0.2) is 37.5 Å². The number of fused-ring (bicyclic) bond motifs is 7. The fraction of sp³-hybridized carbons (Fsp3) is 0.228. The zero-order chi connectivity index (χ0) is 43.2. The summed E-state index contributed by atoms with van der Waals surface area (Å²) in [6.45, 7) is 13.5. The first-order valence-corrected chi connectivity index (χ1v) is 27.1. The van der Waals surface area contributed by atoms with Crippen molar-refractivity contribution in [1.82, 2.24) is 0 Å². The van der Waals surface area contributed by atoms with Crippen LogP contribution in [-0.2, 0) is 4.08 Å². The standard InChI is InChI=1S/C57H60N2S2/c1-37-31-45(32-38(2)41(37)5)58(43-23-15-13-16-24-43)53-35-51-55(49-29-21-19-27-47(49)53)56-50-30-22-20-28-48(50)54(36-52(56)57(51,60(7,8)9)61(10,11)12)59(44-25-17-14-18-26-44)46-33-39(3)42(6)40(4)34-46/h13-36H,1-12H3. The van der Waals surface area contributed by atoms with Gasteiger partial charge < -0.3 is 9.80 Å². The van der Waals surface area contributed by atoms with Crippen LogP contribution in [0.3, 0.4) is 0 Å². The van der Waals surface area contributed by atoms with Gasteiger partial charge in [-0.25, -0.2) is 20.1 Å². The lowest BCUT2D eigenvalue weighted by atomic mass is 9.91. The summed E-state index contributed by atoms with van der Waals surface area (Å²) in [7, 11) is -2.74. The van der Waals surface area contributed by atoms with E-state index in [2.05, 4.69) is 234 Å². The van der Waals surface area contributed by atoms with Gasteiger partial charge in [-0.15, -0.1) is 0 Å². The molecular weight excluding hydrogens is 777 g/mol. The Balaban J connectivity index is 1.46. The van der Waals surface area contributed by atoms with E-state index in [-0.39, 0.29) is 4.08 Å². The first-order chi connectivity index (χ1) is 29.0. The number of para-hydroxylation sites is 2. The highest BCUT2D eigenvalue weighted by Gasteiger charge is 2.56. The molecule has 8 aromatic rings. The molecule has 9 rings (SSSR count). The van der Waals surface area contributed by atoms with Crippen molar-refractivity contribution in [3.05, 3.63) is 190 Å². The highest BCUT2D eigenvalue weighted by atomic mass is 32.3. The molecule has 0 N–H and O–H groups in total. The molecule has 61 heavy (non-hydrogen) atoms. The van der Waals surface area contributed by atoms with Crippen molar-refractivity contribution in [2.24, 2.45) is 0 Å². The molecule has 0 aromatic heterocycles. The molecule has 310 valence electrons. The molecule has 0 fully saturated rings. The zero-order valence-corrected chi connectivity index (χ0v) is 39.7. The molecular formula is C57H60N2S2. The van der Waals surface area contributed by atoms with E-state index >= 15 is 0 Å². The lowest BCUT2D eigenvalue weighted by Crippen LogP contribution is -2.36. The molecule has 1 aliphatic rings. The quantitative estimate of drug-likeness (QED) is 0.150. The minimum absolute atomic E-state index is 0.245. The number of nitrogens with zero attached hydrogens (tertiary/aromatic N) is 2. The highest BCUT2D eigenvalue weighted by Crippen LogP contribution is 2.81. The maximum atomic E-state index is 2.64. The van der Waals surface area contributed by atoms with E-state index in [0.717, 1.165) is 11.4 Å². The second-order valence-electron chi connectivity index (χ2n) is 18.8. The normalized spacial score (nSPS) is 13.9. The Hall–Kier alpha value is -5.42. The number of rotatable bonds is 8. The summed E-state index contributed by atoms with van der Waals surface area (Å²) in [6.07, 6.45) is 15.5. The van der Waals surface area contributed by atoms with Crippen LogP contribution in [0.2, 0.25) is 0 Å². The van der Waals surface area contributed by atoms with E-state index in [9.17, 15) is 0 Å². The SMILES string of the molecule is Cc1cc(N(c2ccccc2)c2cc3c(c4ccccc24)-c2c(cc(N(c4ccccc4)c4cc(C)c(C)c(C)c4)c4ccccc24)C3(S(C)(C)C)S(C)(C)C)cc(C)c1C. The molecule has 0 saturated carbocycles. The Labute approximate surface area is 367 Å². The molecule has 0 amide bonds. The summed E-state index contributed by atoms with van der Waals surface area (Å²) in [5, 5.41) is 5.16. The van der Waals surface area contributed by atoms with Crippen LogP contribution in [0.15, 0.2) is 146 Å². The Bertz CT molecular complexity index is 2750. The van der Waals surface area contributed by atoms with Crippen LogP contribution in [0.5, 0.6) is 0 Å². The number of aryl methyl sites for hydroxylation is 4. The van der Waals surface area contributed by atoms with E-state index in [1.165, 1.54) is 99.9 Å². The van der Waals surface area contributed by atoms with Gasteiger partial charge in [-0.05, 0) is 206 Å². The lowest BCUT2D eigenvalue weighted by molar-refractivity contribution is 1.08. The van der Waals surface area contributed by atoms with E-state index in [1.807, 2.05) is 0 Å². The Morgan fingerprint density at radius 3 is 0.951 bits per heavy atom. The Morgan fingerprint density at radius 1 is 0.344 bits per heavy atom. The van der Waals surface area contributed by atoms with Gasteiger partial charge in [0.1, 0.15) is 0 Å². The largest absolute Gasteiger partial charge is 0.310 e. The smallest absolute Gasteiger partial charge is 0.0813 e. The molecule has 0 bridgehead atoms. The molecule has 0 atom stereocenters. The van der Waals surface area contributed by atoms with Gasteiger partial charge in [0.05, 0.1) is 15.5 Å². The molecule has 2 nitrogen and oxygen atoms in total. The third-order valence-corrected chi connectivity index (χ3v) is 20.9. The van der Waals surface area contributed by atoms with Gasteiger partial charge in [0.15, 0.2) is 0 Å². The van der Waals surface area contributed by atoms with E-state index in [4.69, 9.17) is 0 Å². The number of benzene rings is 8. The number of hydrogen-bond acceptors (Lipinski definition) is 2. The number of hydrogen-bond donors (Lipinski definition) is 0. The molecule has 0 aliphatic heterocycles. The van der Waals surface area contributed by atoms with Gasteiger partial charge >= 0.3 is 0 Å². The predicted octanol–water partition coefficient (Wildman–Crippen LogP) is 16.4. The predicted molar refractivity (Wildman–Crippen MR) is 276 cm³/mol. The molecule has 0 unspecified atom stereocenters. The summed E-state index contributed by atoms with van der Waals surface area (Å²) < 4.78 is -0.245. The Morgan fingerprint density at radius 2 is 0.639 bits per heavy atom. The van der Waals surface area contributed by atoms with Crippen molar-refractivity contribution < 1.29 is 0 Å².